The normalized spacial score (nSPS) is 19.6. The fraction of sp³-hybridized carbons (Fsp3) is 0.263. The number of carbonyl (C=O) groups excluding carboxylic acids is 1. The molecule has 0 spiro atoms. The number of hydrogen-bond acceptors (Lipinski definition) is 5. The van der Waals surface area contributed by atoms with E-state index < -0.39 is 6.04 Å². The zero-order valence-corrected chi connectivity index (χ0v) is 14.4. The fourth-order valence-electron chi connectivity index (χ4n) is 2.78. The van der Waals surface area contributed by atoms with Crippen molar-refractivity contribution in [3.63, 3.8) is 0 Å². The Morgan fingerprint density at radius 2 is 2.04 bits per heavy atom. The molecule has 0 saturated carbocycles. The molecule has 0 radical (unpaired) electrons. The summed E-state index contributed by atoms with van der Waals surface area (Å²) in [6.07, 6.45) is 2.05. The Morgan fingerprint density at radius 1 is 1.27 bits per heavy atom. The lowest BCUT2D eigenvalue weighted by Crippen LogP contribution is -2.41. The van der Waals surface area contributed by atoms with Gasteiger partial charge in [0.15, 0.2) is 0 Å². The summed E-state index contributed by atoms with van der Waals surface area (Å²) in [4.78, 5) is 12.3. The van der Waals surface area contributed by atoms with Gasteiger partial charge in [0, 0.05) is 5.56 Å². The molecule has 7 heteroatoms. The van der Waals surface area contributed by atoms with Crippen molar-refractivity contribution in [1.29, 1.82) is 0 Å². The number of nitrogens with zero attached hydrogens (tertiary/aromatic N) is 1. The van der Waals surface area contributed by atoms with E-state index in [9.17, 15) is 9.18 Å². The maximum Gasteiger partial charge on any atom is 0.258 e. The molecule has 1 heterocycles. The number of hydrazine groups is 1. The summed E-state index contributed by atoms with van der Waals surface area (Å²) in [5.74, 6) is 0.253. The Bertz CT molecular complexity index is 779. The molecule has 1 saturated heterocycles. The molecule has 0 aromatic heterocycles. The van der Waals surface area contributed by atoms with E-state index in [4.69, 9.17) is 4.74 Å². The second kappa shape index (κ2) is 8.55. The van der Waals surface area contributed by atoms with Gasteiger partial charge in [0.1, 0.15) is 17.6 Å². The number of carbonyl (C=O) groups is 1. The van der Waals surface area contributed by atoms with Gasteiger partial charge in [-0.25, -0.2) is 20.7 Å². The molecule has 0 bridgehead atoms. The summed E-state index contributed by atoms with van der Waals surface area (Å²) in [6, 6.07) is 13.2. The van der Waals surface area contributed by atoms with Crippen molar-refractivity contribution < 1.29 is 13.9 Å². The van der Waals surface area contributed by atoms with E-state index in [1.165, 1.54) is 18.3 Å². The molecule has 2 unspecified atom stereocenters. The lowest BCUT2D eigenvalue weighted by Gasteiger charge is -2.15. The fourth-order valence-corrected chi connectivity index (χ4v) is 2.78. The van der Waals surface area contributed by atoms with E-state index in [1.54, 1.807) is 12.1 Å². The van der Waals surface area contributed by atoms with Crippen molar-refractivity contribution in [2.45, 2.75) is 25.4 Å². The Hall–Kier alpha value is -2.77. The molecule has 3 N–H and O–H groups in total. The molecular weight excluding hydrogens is 335 g/mol. The smallest absolute Gasteiger partial charge is 0.258 e. The Labute approximate surface area is 151 Å². The maximum atomic E-state index is 12.9. The summed E-state index contributed by atoms with van der Waals surface area (Å²) in [6.45, 7) is 2.52. The average Bonchev–Trinajstić information content (AvgIpc) is 3.14. The first-order valence-corrected chi connectivity index (χ1v) is 8.48. The third kappa shape index (κ3) is 4.44. The van der Waals surface area contributed by atoms with E-state index in [1.807, 2.05) is 31.2 Å². The Balaban J connectivity index is 1.56. The van der Waals surface area contributed by atoms with E-state index >= 15 is 0 Å². The first kappa shape index (κ1) is 18.0. The summed E-state index contributed by atoms with van der Waals surface area (Å²) in [5, 5.41) is 3.92. The Morgan fingerprint density at radius 3 is 2.81 bits per heavy atom. The van der Waals surface area contributed by atoms with Crippen LogP contribution in [-0.2, 0) is 4.79 Å². The van der Waals surface area contributed by atoms with Crippen LogP contribution in [0.25, 0.3) is 0 Å². The van der Waals surface area contributed by atoms with E-state index in [2.05, 4.69) is 21.4 Å². The van der Waals surface area contributed by atoms with Crippen molar-refractivity contribution in [3.8, 4) is 5.75 Å². The standard InChI is InChI=1S/C19H21FN4O2/c1-2-26-18-6-4-3-5-15(18)16-11-17(23-22-16)19(25)24-21-12-13-7-9-14(20)10-8-13/h3-10,12,16-17,22-23H,2,11H2,1H3,(H,24,25)/b21-12+. The number of hydrazone groups is 1. The highest BCUT2D eigenvalue weighted by Crippen LogP contribution is 2.30. The van der Waals surface area contributed by atoms with Gasteiger partial charge in [0.05, 0.1) is 18.9 Å². The van der Waals surface area contributed by atoms with Crippen LogP contribution in [0.4, 0.5) is 4.39 Å². The number of amides is 1. The predicted octanol–water partition coefficient (Wildman–Crippen LogP) is 2.28. The molecule has 6 nitrogen and oxygen atoms in total. The summed E-state index contributed by atoms with van der Waals surface area (Å²) in [5.41, 5.74) is 10.3. The van der Waals surface area contributed by atoms with E-state index in [0.29, 0.717) is 18.6 Å². The van der Waals surface area contributed by atoms with Crippen molar-refractivity contribution in [2.75, 3.05) is 6.61 Å². The van der Waals surface area contributed by atoms with Crippen LogP contribution in [0.2, 0.25) is 0 Å². The first-order valence-electron chi connectivity index (χ1n) is 8.48. The summed E-state index contributed by atoms with van der Waals surface area (Å²) in [7, 11) is 0. The average molecular weight is 356 g/mol. The number of para-hydroxylation sites is 1. The zero-order chi connectivity index (χ0) is 18.4. The van der Waals surface area contributed by atoms with Crippen molar-refractivity contribution in [2.24, 2.45) is 5.10 Å². The highest BCUT2D eigenvalue weighted by Gasteiger charge is 2.31. The third-order valence-electron chi connectivity index (χ3n) is 4.07. The van der Waals surface area contributed by atoms with Gasteiger partial charge in [-0.15, -0.1) is 0 Å². The van der Waals surface area contributed by atoms with Crippen LogP contribution in [0.3, 0.4) is 0 Å². The Kier molecular flexibility index (Phi) is 5.93. The lowest BCUT2D eigenvalue weighted by molar-refractivity contribution is -0.122. The summed E-state index contributed by atoms with van der Waals surface area (Å²) >= 11 is 0. The second-order valence-corrected chi connectivity index (χ2v) is 5.89. The minimum absolute atomic E-state index is 0.0328. The molecule has 0 aliphatic carbocycles. The molecule has 1 amide bonds. The van der Waals surface area contributed by atoms with Gasteiger partial charge in [0.25, 0.3) is 5.91 Å². The molecule has 2 aromatic carbocycles. The van der Waals surface area contributed by atoms with Crippen LogP contribution in [0.15, 0.2) is 53.6 Å². The van der Waals surface area contributed by atoms with E-state index in [0.717, 1.165) is 11.3 Å². The summed E-state index contributed by atoms with van der Waals surface area (Å²) < 4.78 is 18.5. The van der Waals surface area contributed by atoms with Crippen LogP contribution in [-0.4, -0.2) is 24.8 Å². The largest absolute Gasteiger partial charge is 0.494 e. The van der Waals surface area contributed by atoms with Gasteiger partial charge in [0.2, 0.25) is 0 Å². The number of hydrogen-bond donors (Lipinski definition) is 3. The van der Waals surface area contributed by atoms with E-state index in [-0.39, 0.29) is 17.8 Å². The SMILES string of the molecule is CCOc1ccccc1C1CC(C(=O)N/N=C/c2ccc(F)cc2)NN1. The molecule has 3 rings (SSSR count). The number of nitrogens with one attached hydrogen (secondary N) is 3. The maximum absolute atomic E-state index is 12.9. The van der Waals surface area contributed by atoms with Crippen LogP contribution < -0.4 is 21.0 Å². The molecule has 1 aliphatic rings. The van der Waals surface area contributed by atoms with Gasteiger partial charge in [-0.05, 0) is 37.1 Å². The van der Waals surface area contributed by atoms with Crippen molar-refractivity contribution >= 4 is 12.1 Å². The van der Waals surface area contributed by atoms with Crippen LogP contribution >= 0.6 is 0 Å². The van der Waals surface area contributed by atoms with Crippen LogP contribution in [0.1, 0.15) is 30.5 Å². The predicted molar refractivity (Wildman–Crippen MR) is 97.2 cm³/mol. The number of benzene rings is 2. The van der Waals surface area contributed by atoms with Gasteiger partial charge in [-0.3, -0.25) is 4.79 Å². The van der Waals surface area contributed by atoms with Gasteiger partial charge < -0.3 is 4.74 Å². The molecule has 1 aliphatic heterocycles. The molecule has 2 atom stereocenters. The molecule has 2 aromatic rings. The molecule has 136 valence electrons. The molecular formula is C19H21FN4O2. The number of halogens is 1. The van der Waals surface area contributed by atoms with Crippen LogP contribution in [0, 0.1) is 5.82 Å². The van der Waals surface area contributed by atoms with Crippen LogP contribution in [0.5, 0.6) is 5.75 Å². The second-order valence-electron chi connectivity index (χ2n) is 5.89. The minimum atomic E-state index is -0.417. The third-order valence-corrected chi connectivity index (χ3v) is 4.07. The topological polar surface area (TPSA) is 74.8 Å². The quantitative estimate of drug-likeness (QED) is 0.548. The highest BCUT2D eigenvalue weighted by atomic mass is 19.1. The van der Waals surface area contributed by atoms with Gasteiger partial charge >= 0.3 is 0 Å². The monoisotopic (exact) mass is 356 g/mol. The van der Waals surface area contributed by atoms with Gasteiger partial charge in [-0.1, -0.05) is 30.3 Å². The molecule has 26 heavy (non-hydrogen) atoms. The number of ether oxygens (including phenoxy) is 1. The van der Waals surface area contributed by atoms with Crippen molar-refractivity contribution in [3.05, 3.63) is 65.5 Å². The molecule has 1 fully saturated rings. The minimum Gasteiger partial charge on any atom is -0.494 e. The zero-order valence-electron chi connectivity index (χ0n) is 14.4. The van der Waals surface area contributed by atoms with Crippen molar-refractivity contribution in [1.82, 2.24) is 16.3 Å². The highest BCUT2D eigenvalue weighted by molar-refractivity contribution is 5.85. The first-order chi connectivity index (χ1) is 12.7. The lowest BCUT2D eigenvalue weighted by atomic mass is 10.0. The number of rotatable bonds is 6. The van der Waals surface area contributed by atoms with Gasteiger partial charge in [-0.2, -0.15) is 5.10 Å².